The van der Waals surface area contributed by atoms with Gasteiger partial charge in [-0.2, -0.15) is 5.11 Å². The molecule has 15 heteroatoms. The summed E-state index contributed by atoms with van der Waals surface area (Å²) in [5.74, 6) is -1.24. The standard InChI is InChI=1S/C20H14N2O10S3/c23-20-18(35(28,29)30)10-11-9-12(34(25,26)27)5-6-13(11)19(20)22-21-16-7-8-17(33-32-31-24)15-4-2-1-3-14(15)16/h1-10,23-24H,(H,25,26,27)(H,28,29,30)/p-3. The van der Waals surface area contributed by atoms with Crippen molar-refractivity contribution in [3.8, 4) is 5.75 Å². The molecule has 35 heavy (non-hydrogen) atoms. The van der Waals surface area contributed by atoms with Gasteiger partial charge in [0, 0.05) is 20.6 Å². The summed E-state index contributed by atoms with van der Waals surface area (Å²) in [7, 11) is -10.2. The fourth-order valence-corrected chi connectivity index (χ4v) is 4.93. The van der Waals surface area contributed by atoms with Crippen molar-refractivity contribution in [3.63, 3.8) is 0 Å². The number of fused-ring (bicyclic) bond motifs is 2. The first-order chi connectivity index (χ1) is 16.5. The van der Waals surface area contributed by atoms with Gasteiger partial charge < -0.3 is 14.2 Å². The molecule has 1 N–H and O–H groups in total. The number of hydrogen-bond acceptors (Lipinski definition) is 13. The van der Waals surface area contributed by atoms with Crippen LogP contribution < -0.4 is 5.11 Å². The molecule has 182 valence electrons. The van der Waals surface area contributed by atoms with Gasteiger partial charge in [0.25, 0.3) is 0 Å². The lowest BCUT2D eigenvalue weighted by molar-refractivity contribution is -0.432. The summed E-state index contributed by atoms with van der Waals surface area (Å²) in [5.41, 5.74) is -0.289. The topological polar surface area (TPSA) is 201 Å². The van der Waals surface area contributed by atoms with Crippen molar-refractivity contribution < 1.29 is 45.7 Å². The molecule has 0 amide bonds. The van der Waals surface area contributed by atoms with Gasteiger partial charge in [-0.3, -0.25) is 0 Å². The maximum absolute atomic E-state index is 12.8. The summed E-state index contributed by atoms with van der Waals surface area (Å²) < 4.78 is 73.5. The Balaban J connectivity index is 1.93. The molecule has 0 aliphatic carbocycles. The van der Waals surface area contributed by atoms with Crippen LogP contribution in [0.4, 0.5) is 11.4 Å². The third-order valence-corrected chi connectivity index (χ3v) is 7.17. The number of rotatable bonds is 7. The minimum absolute atomic E-state index is 0.0245. The van der Waals surface area contributed by atoms with Gasteiger partial charge in [-0.05, 0) is 41.1 Å². The van der Waals surface area contributed by atoms with Gasteiger partial charge in [0.05, 0.1) is 28.3 Å². The Morgan fingerprint density at radius 3 is 2.20 bits per heavy atom. The minimum atomic E-state index is -5.27. The van der Waals surface area contributed by atoms with Gasteiger partial charge in [0.2, 0.25) is 0 Å². The molecule has 0 atom stereocenters. The number of nitrogens with zero attached hydrogens (tertiary/aromatic N) is 2. The van der Waals surface area contributed by atoms with Gasteiger partial charge in [-0.25, -0.2) is 22.1 Å². The molecule has 4 rings (SSSR count). The summed E-state index contributed by atoms with van der Waals surface area (Å²) in [6, 6.07) is 13.4. The third kappa shape index (κ3) is 5.12. The zero-order chi connectivity index (χ0) is 25.4. The predicted octanol–water partition coefficient (Wildman–Crippen LogP) is 3.72. The number of benzene rings is 4. The van der Waals surface area contributed by atoms with Gasteiger partial charge in [0.15, 0.2) is 0 Å². The predicted molar refractivity (Wildman–Crippen MR) is 118 cm³/mol. The summed E-state index contributed by atoms with van der Waals surface area (Å²) in [4.78, 5) is -1.32. The van der Waals surface area contributed by atoms with E-state index in [0.29, 0.717) is 33.8 Å². The monoisotopic (exact) mass is 535 g/mol. The van der Waals surface area contributed by atoms with Crippen LogP contribution in [0.3, 0.4) is 0 Å². The lowest BCUT2D eigenvalue weighted by Gasteiger charge is -2.20. The average Bonchev–Trinajstić information content (AvgIpc) is 2.80. The summed E-state index contributed by atoms with van der Waals surface area (Å²) in [6.07, 6.45) is 0. The van der Waals surface area contributed by atoms with E-state index in [9.17, 15) is 31.0 Å². The molecular weight excluding hydrogens is 524 g/mol. The van der Waals surface area contributed by atoms with Crippen molar-refractivity contribution in [2.24, 2.45) is 10.2 Å². The Hall–Kier alpha value is -3.15. The van der Waals surface area contributed by atoms with Gasteiger partial charge in [-0.15, -0.1) is 9.45 Å². The van der Waals surface area contributed by atoms with E-state index in [0.717, 1.165) is 18.2 Å². The fourth-order valence-electron chi connectivity index (χ4n) is 3.33. The van der Waals surface area contributed by atoms with Crippen LogP contribution >= 0.6 is 12.0 Å². The molecule has 0 unspecified atom stereocenters. The summed E-state index contributed by atoms with van der Waals surface area (Å²) in [6.45, 7) is 0. The minimum Gasteiger partial charge on any atom is -0.870 e. The first kappa shape index (κ1) is 25.0. The van der Waals surface area contributed by atoms with Crippen molar-refractivity contribution >= 4 is 65.2 Å². The second kappa shape index (κ2) is 9.48. The highest BCUT2D eigenvalue weighted by Crippen LogP contribution is 2.41. The van der Waals surface area contributed by atoms with E-state index in [1.165, 1.54) is 6.07 Å². The van der Waals surface area contributed by atoms with Crippen molar-refractivity contribution in [2.75, 3.05) is 0 Å². The van der Waals surface area contributed by atoms with Crippen molar-refractivity contribution in [3.05, 3.63) is 60.7 Å². The van der Waals surface area contributed by atoms with E-state index in [1.54, 1.807) is 30.3 Å². The van der Waals surface area contributed by atoms with Crippen LogP contribution in [0.1, 0.15) is 0 Å². The molecule has 0 aromatic heterocycles. The molecule has 0 aliphatic heterocycles. The molecule has 4 aromatic carbocycles. The van der Waals surface area contributed by atoms with E-state index in [-0.39, 0.29) is 16.5 Å². The SMILES string of the molecule is O=S(=O)([O-])c1ccc2c(N=Nc3ccc(SOOO)c4ccccc34)c([O-])c(S(=O)(=O)[O-])cc2c1. The molecule has 4 aromatic rings. The molecule has 0 saturated heterocycles. The summed E-state index contributed by atoms with van der Waals surface area (Å²) >= 11 is 0.715. The van der Waals surface area contributed by atoms with Gasteiger partial charge in [-0.1, -0.05) is 41.1 Å². The van der Waals surface area contributed by atoms with Crippen LogP contribution in [0.2, 0.25) is 0 Å². The van der Waals surface area contributed by atoms with Gasteiger partial charge >= 0.3 is 0 Å². The Bertz CT molecular complexity index is 1700. The smallest absolute Gasteiger partial charge is 0.124 e. The second-order valence-electron chi connectivity index (χ2n) is 6.90. The van der Waals surface area contributed by atoms with E-state index in [2.05, 4.69) is 19.6 Å². The normalized spacial score (nSPS) is 12.7. The molecule has 0 fully saturated rings. The molecule has 12 nitrogen and oxygen atoms in total. The van der Waals surface area contributed by atoms with Crippen LogP contribution in [0.15, 0.2) is 85.6 Å². The van der Waals surface area contributed by atoms with Crippen LogP contribution in [0.5, 0.6) is 5.75 Å². The maximum Gasteiger partial charge on any atom is 0.124 e. The first-order valence-electron chi connectivity index (χ1n) is 9.28. The molecule has 0 spiro atoms. The summed E-state index contributed by atoms with van der Waals surface area (Å²) in [5, 5.41) is 33.7. The van der Waals surface area contributed by atoms with E-state index in [4.69, 9.17) is 5.26 Å². The zero-order valence-electron chi connectivity index (χ0n) is 17.0. The molecule has 0 radical (unpaired) electrons. The molecule has 0 bridgehead atoms. The molecular formula is C20H11N2O10S3-3. The fraction of sp³-hybridized carbons (Fsp3) is 0. The Labute approximate surface area is 202 Å². The Morgan fingerprint density at radius 1 is 0.829 bits per heavy atom. The molecule has 0 aliphatic rings. The largest absolute Gasteiger partial charge is 0.870 e. The Morgan fingerprint density at radius 2 is 1.54 bits per heavy atom. The average molecular weight is 536 g/mol. The first-order valence-corrected chi connectivity index (χ1v) is 12.8. The van der Waals surface area contributed by atoms with Crippen molar-refractivity contribution in [2.45, 2.75) is 14.7 Å². The second-order valence-corrected chi connectivity index (χ2v) is 10.4. The van der Waals surface area contributed by atoms with Crippen LogP contribution in [-0.4, -0.2) is 31.2 Å². The lowest BCUT2D eigenvalue weighted by atomic mass is 10.1. The highest BCUT2D eigenvalue weighted by atomic mass is 32.2. The number of hydrogen-bond donors (Lipinski definition) is 1. The van der Waals surface area contributed by atoms with Crippen LogP contribution in [0, 0.1) is 0 Å². The van der Waals surface area contributed by atoms with Gasteiger partial charge in [0.1, 0.15) is 20.2 Å². The van der Waals surface area contributed by atoms with Crippen molar-refractivity contribution in [1.29, 1.82) is 0 Å². The maximum atomic E-state index is 12.8. The van der Waals surface area contributed by atoms with E-state index >= 15 is 0 Å². The highest BCUT2D eigenvalue weighted by Gasteiger charge is 2.14. The lowest BCUT2D eigenvalue weighted by Crippen LogP contribution is -2.06. The van der Waals surface area contributed by atoms with E-state index < -0.39 is 41.5 Å². The number of azo groups is 1. The van der Waals surface area contributed by atoms with Crippen LogP contribution in [0.25, 0.3) is 21.5 Å². The quantitative estimate of drug-likeness (QED) is 0.119. The zero-order valence-corrected chi connectivity index (χ0v) is 19.5. The highest BCUT2D eigenvalue weighted by molar-refractivity contribution is 7.94. The molecule has 0 saturated carbocycles. The van der Waals surface area contributed by atoms with E-state index in [1.807, 2.05) is 0 Å². The third-order valence-electron chi connectivity index (χ3n) is 4.83. The van der Waals surface area contributed by atoms with Crippen LogP contribution in [-0.2, 0) is 29.6 Å². The Kier molecular flexibility index (Phi) is 6.76. The van der Waals surface area contributed by atoms with Crippen molar-refractivity contribution in [1.82, 2.24) is 0 Å². The molecule has 0 heterocycles.